The molecule has 1 aromatic carbocycles. The number of alkyl halides is 2. The quantitative estimate of drug-likeness (QED) is 0.632. The maximum Gasteiger partial charge on any atom is 0.294 e. The van der Waals surface area contributed by atoms with E-state index in [1.165, 1.54) is 0 Å². The van der Waals surface area contributed by atoms with Crippen LogP contribution in [0, 0.1) is 6.92 Å². The SMILES string of the molecule is Cc1ccc(CN=C(N)C(F)F)c(Cl)c1. The molecule has 0 heterocycles. The maximum absolute atomic E-state index is 12.0. The fourth-order valence-corrected chi connectivity index (χ4v) is 1.32. The smallest absolute Gasteiger partial charge is 0.294 e. The Balaban J connectivity index is 2.78. The van der Waals surface area contributed by atoms with Gasteiger partial charge in [0, 0.05) is 5.02 Å². The molecule has 0 aliphatic carbocycles. The lowest BCUT2D eigenvalue weighted by Crippen LogP contribution is -2.21. The Labute approximate surface area is 91.8 Å². The molecule has 0 fully saturated rings. The van der Waals surface area contributed by atoms with E-state index in [0.29, 0.717) is 10.6 Å². The summed E-state index contributed by atoms with van der Waals surface area (Å²) >= 11 is 5.89. The maximum atomic E-state index is 12.0. The number of rotatable bonds is 3. The highest BCUT2D eigenvalue weighted by Gasteiger charge is 2.07. The van der Waals surface area contributed by atoms with E-state index < -0.39 is 12.3 Å². The van der Waals surface area contributed by atoms with E-state index in [1.807, 2.05) is 13.0 Å². The molecule has 1 rings (SSSR count). The third-order valence-corrected chi connectivity index (χ3v) is 2.22. The van der Waals surface area contributed by atoms with Crippen LogP contribution in [-0.2, 0) is 6.54 Å². The van der Waals surface area contributed by atoms with Crippen LogP contribution in [0.5, 0.6) is 0 Å². The van der Waals surface area contributed by atoms with Gasteiger partial charge in [-0.1, -0.05) is 23.7 Å². The number of aliphatic imine (C=N–C) groups is 1. The van der Waals surface area contributed by atoms with Crippen LogP contribution in [0.2, 0.25) is 5.02 Å². The van der Waals surface area contributed by atoms with Gasteiger partial charge in [-0.3, -0.25) is 4.99 Å². The van der Waals surface area contributed by atoms with E-state index in [0.717, 1.165) is 5.56 Å². The topological polar surface area (TPSA) is 38.4 Å². The van der Waals surface area contributed by atoms with Gasteiger partial charge in [-0.15, -0.1) is 0 Å². The second-order valence-electron chi connectivity index (χ2n) is 3.14. The van der Waals surface area contributed by atoms with Gasteiger partial charge in [-0.05, 0) is 24.1 Å². The van der Waals surface area contributed by atoms with Crippen molar-refractivity contribution >= 4 is 17.4 Å². The molecule has 15 heavy (non-hydrogen) atoms. The number of amidine groups is 1. The highest BCUT2D eigenvalue weighted by Crippen LogP contribution is 2.18. The molecule has 5 heteroatoms. The molecule has 1 aromatic rings. The van der Waals surface area contributed by atoms with Crippen LogP contribution >= 0.6 is 11.6 Å². The molecule has 0 amide bonds. The molecule has 0 saturated carbocycles. The molecule has 0 aromatic heterocycles. The van der Waals surface area contributed by atoms with E-state index in [1.54, 1.807) is 12.1 Å². The molecule has 0 atom stereocenters. The van der Waals surface area contributed by atoms with Crippen molar-refractivity contribution in [2.45, 2.75) is 19.9 Å². The largest absolute Gasteiger partial charge is 0.383 e. The Morgan fingerprint density at radius 3 is 2.73 bits per heavy atom. The first-order valence-electron chi connectivity index (χ1n) is 4.33. The van der Waals surface area contributed by atoms with Crippen molar-refractivity contribution < 1.29 is 8.78 Å². The van der Waals surface area contributed by atoms with Gasteiger partial charge in [0.2, 0.25) is 0 Å². The first-order valence-corrected chi connectivity index (χ1v) is 4.71. The average molecular weight is 233 g/mol. The van der Waals surface area contributed by atoms with Crippen molar-refractivity contribution in [2.24, 2.45) is 10.7 Å². The summed E-state index contributed by atoms with van der Waals surface area (Å²) in [6.07, 6.45) is -2.71. The van der Waals surface area contributed by atoms with Crippen molar-refractivity contribution in [3.8, 4) is 0 Å². The van der Waals surface area contributed by atoms with Gasteiger partial charge in [-0.2, -0.15) is 0 Å². The lowest BCUT2D eigenvalue weighted by Gasteiger charge is -2.03. The summed E-state index contributed by atoms with van der Waals surface area (Å²) in [7, 11) is 0. The Kier molecular flexibility index (Phi) is 4.03. The predicted molar refractivity (Wildman–Crippen MR) is 57.5 cm³/mol. The minimum Gasteiger partial charge on any atom is -0.383 e. The molecule has 0 aliphatic rings. The summed E-state index contributed by atoms with van der Waals surface area (Å²) in [5.41, 5.74) is 6.70. The van der Waals surface area contributed by atoms with Gasteiger partial charge in [0.25, 0.3) is 6.43 Å². The van der Waals surface area contributed by atoms with Crippen LogP contribution in [0.3, 0.4) is 0 Å². The van der Waals surface area contributed by atoms with Crippen molar-refractivity contribution in [1.82, 2.24) is 0 Å². The fraction of sp³-hybridized carbons (Fsp3) is 0.300. The fourth-order valence-electron chi connectivity index (χ4n) is 1.03. The minimum absolute atomic E-state index is 0.0787. The molecule has 0 bridgehead atoms. The van der Waals surface area contributed by atoms with Crippen LogP contribution < -0.4 is 5.73 Å². The van der Waals surface area contributed by atoms with Gasteiger partial charge in [0.05, 0.1) is 6.54 Å². The standard InChI is InChI=1S/C10H11ClF2N2/c1-6-2-3-7(8(11)4-6)5-15-10(14)9(12)13/h2-4,9H,5H2,1H3,(H2,14,15). The van der Waals surface area contributed by atoms with Crippen molar-refractivity contribution in [3.63, 3.8) is 0 Å². The van der Waals surface area contributed by atoms with Crippen LogP contribution in [-0.4, -0.2) is 12.3 Å². The Morgan fingerprint density at radius 1 is 1.53 bits per heavy atom. The van der Waals surface area contributed by atoms with Crippen LogP contribution in [0.25, 0.3) is 0 Å². The molecule has 82 valence electrons. The minimum atomic E-state index is -2.71. The van der Waals surface area contributed by atoms with Gasteiger partial charge in [0.1, 0.15) is 0 Å². The molecule has 0 unspecified atom stereocenters. The molecule has 0 saturated heterocycles. The second-order valence-corrected chi connectivity index (χ2v) is 3.54. The van der Waals surface area contributed by atoms with Gasteiger partial charge in [-0.25, -0.2) is 8.78 Å². The molecular weight excluding hydrogens is 222 g/mol. The van der Waals surface area contributed by atoms with E-state index in [9.17, 15) is 8.78 Å². The Bertz CT molecular complexity index is 378. The number of hydrogen-bond acceptors (Lipinski definition) is 1. The van der Waals surface area contributed by atoms with Crippen LogP contribution in [0.1, 0.15) is 11.1 Å². The number of hydrogen-bond donors (Lipinski definition) is 1. The lowest BCUT2D eigenvalue weighted by atomic mass is 10.1. The summed E-state index contributed by atoms with van der Waals surface area (Å²) in [6, 6.07) is 5.35. The zero-order valence-electron chi connectivity index (χ0n) is 8.17. The van der Waals surface area contributed by atoms with E-state index in [4.69, 9.17) is 17.3 Å². The van der Waals surface area contributed by atoms with E-state index >= 15 is 0 Å². The summed E-state index contributed by atoms with van der Waals surface area (Å²) in [5.74, 6) is -0.661. The molecule has 2 N–H and O–H groups in total. The zero-order valence-corrected chi connectivity index (χ0v) is 8.93. The number of nitrogens with zero attached hydrogens (tertiary/aromatic N) is 1. The number of benzene rings is 1. The summed E-state index contributed by atoms with van der Waals surface area (Å²) in [4.78, 5) is 3.54. The monoisotopic (exact) mass is 232 g/mol. The van der Waals surface area contributed by atoms with Gasteiger partial charge >= 0.3 is 0 Å². The Hall–Kier alpha value is -1.16. The zero-order chi connectivity index (χ0) is 11.4. The third-order valence-electron chi connectivity index (χ3n) is 1.86. The number of halogens is 3. The molecule has 0 radical (unpaired) electrons. The highest BCUT2D eigenvalue weighted by atomic mass is 35.5. The van der Waals surface area contributed by atoms with Crippen molar-refractivity contribution in [2.75, 3.05) is 0 Å². The normalized spacial score (nSPS) is 12.2. The average Bonchev–Trinajstić information content (AvgIpc) is 2.15. The Morgan fingerprint density at radius 2 is 2.20 bits per heavy atom. The predicted octanol–water partition coefficient (Wildman–Crippen LogP) is 2.77. The molecule has 2 nitrogen and oxygen atoms in total. The molecule has 0 spiro atoms. The lowest BCUT2D eigenvalue weighted by molar-refractivity contribution is 0.223. The van der Waals surface area contributed by atoms with E-state index in [2.05, 4.69) is 4.99 Å². The van der Waals surface area contributed by atoms with Gasteiger partial charge in [0.15, 0.2) is 5.84 Å². The second kappa shape index (κ2) is 5.07. The summed E-state index contributed by atoms with van der Waals surface area (Å²) in [6.45, 7) is 1.97. The number of aryl methyl sites for hydroxylation is 1. The molecular formula is C10H11ClF2N2. The van der Waals surface area contributed by atoms with Crippen LogP contribution in [0.4, 0.5) is 8.78 Å². The first-order chi connectivity index (χ1) is 7.00. The molecule has 0 aliphatic heterocycles. The van der Waals surface area contributed by atoms with Gasteiger partial charge < -0.3 is 5.73 Å². The summed E-state index contributed by atoms with van der Waals surface area (Å²) in [5, 5.41) is 0.515. The first kappa shape index (κ1) is 11.9. The summed E-state index contributed by atoms with van der Waals surface area (Å²) < 4.78 is 24.0. The van der Waals surface area contributed by atoms with E-state index in [-0.39, 0.29) is 6.54 Å². The highest BCUT2D eigenvalue weighted by molar-refractivity contribution is 6.31. The van der Waals surface area contributed by atoms with Crippen molar-refractivity contribution in [3.05, 3.63) is 34.3 Å². The number of nitrogens with two attached hydrogens (primary N) is 1. The third kappa shape index (κ3) is 3.47. The van der Waals surface area contributed by atoms with Crippen molar-refractivity contribution in [1.29, 1.82) is 0 Å². The van der Waals surface area contributed by atoms with Crippen LogP contribution in [0.15, 0.2) is 23.2 Å².